The molecular formula is C21H24N2O3S2. The molecule has 5 nitrogen and oxygen atoms in total. The van der Waals surface area contributed by atoms with E-state index >= 15 is 0 Å². The average molecular weight is 417 g/mol. The number of nitrogens with zero attached hydrogens (tertiary/aromatic N) is 2. The molecule has 0 bridgehead atoms. The summed E-state index contributed by atoms with van der Waals surface area (Å²) in [6.07, 6.45) is 5.26. The van der Waals surface area contributed by atoms with E-state index in [4.69, 9.17) is 14.5 Å². The molecule has 148 valence electrons. The van der Waals surface area contributed by atoms with Crippen LogP contribution in [0.1, 0.15) is 29.7 Å². The van der Waals surface area contributed by atoms with E-state index in [1.54, 1.807) is 41.9 Å². The fraction of sp³-hybridized carbons (Fsp3) is 0.429. The fourth-order valence-corrected chi connectivity index (χ4v) is 5.90. The van der Waals surface area contributed by atoms with Gasteiger partial charge in [0.15, 0.2) is 5.16 Å². The summed E-state index contributed by atoms with van der Waals surface area (Å²) in [5, 5.41) is 1.52. The van der Waals surface area contributed by atoms with Gasteiger partial charge in [-0.2, -0.15) is 0 Å². The van der Waals surface area contributed by atoms with Gasteiger partial charge in [0, 0.05) is 24.3 Å². The zero-order chi connectivity index (χ0) is 19.5. The van der Waals surface area contributed by atoms with E-state index < -0.39 is 0 Å². The Morgan fingerprint density at radius 3 is 2.86 bits per heavy atom. The maximum absolute atomic E-state index is 13.7. The van der Waals surface area contributed by atoms with Gasteiger partial charge in [-0.1, -0.05) is 23.9 Å². The van der Waals surface area contributed by atoms with Crippen LogP contribution in [0.3, 0.4) is 0 Å². The van der Waals surface area contributed by atoms with Gasteiger partial charge in [0.2, 0.25) is 0 Å². The molecule has 0 saturated heterocycles. The van der Waals surface area contributed by atoms with Crippen LogP contribution in [0.4, 0.5) is 0 Å². The Balaban J connectivity index is 1.91. The van der Waals surface area contributed by atoms with Gasteiger partial charge in [0.25, 0.3) is 5.56 Å². The Hall–Kier alpha value is -1.83. The molecule has 0 fully saturated rings. The van der Waals surface area contributed by atoms with E-state index in [9.17, 15) is 4.79 Å². The first-order chi connectivity index (χ1) is 13.7. The van der Waals surface area contributed by atoms with Gasteiger partial charge in [0.05, 0.1) is 18.2 Å². The molecule has 3 aromatic rings. The molecule has 0 saturated carbocycles. The number of aromatic nitrogens is 2. The third kappa shape index (κ3) is 3.58. The number of thioether (sulfide) groups is 1. The van der Waals surface area contributed by atoms with Crippen molar-refractivity contribution in [1.29, 1.82) is 0 Å². The number of hydrogen-bond acceptors (Lipinski definition) is 6. The molecule has 0 spiro atoms. The van der Waals surface area contributed by atoms with Crippen molar-refractivity contribution in [1.82, 2.24) is 9.55 Å². The van der Waals surface area contributed by atoms with Crippen LogP contribution in [0, 0.1) is 0 Å². The van der Waals surface area contributed by atoms with E-state index in [0.29, 0.717) is 12.4 Å². The highest BCUT2D eigenvalue weighted by Crippen LogP contribution is 2.36. The van der Waals surface area contributed by atoms with Crippen LogP contribution in [0.15, 0.2) is 34.2 Å². The number of thiophene rings is 1. The van der Waals surface area contributed by atoms with Gasteiger partial charge in [0.1, 0.15) is 10.6 Å². The molecule has 0 amide bonds. The topological polar surface area (TPSA) is 53.3 Å². The highest BCUT2D eigenvalue weighted by atomic mass is 32.2. The summed E-state index contributed by atoms with van der Waals surface area (Å²) in [5.74, 6) is 1.51. The SMILES string of the molecule is COCCCSc1nc2sc3c(c2c(=O)n1-c1ccccc1OC)CCCC3. The Morgan fingerprint density at radius 2 is 2.04 bits per heavy atom. The number of methoxy groups -OCH3 is 2. The molecule has 0 aliphatic heterocycles. The van der Waals surface area contributed by atoms with Crippen molar-refractivity contribution in [2.24, 2.45) is 0 Å². The van der Waals surface area contributed by atoms with Gasteiger partial charge in [-0.05, 0) is 49.8 Å². The highest BCUT2D eigenvalue weighted by molar-refractivity contribution is 7.99. The number of benzene rings is 1. The summed E-state index contributed by atoms with van der Waals surface area (Å²) in [6.45, 7) is 0.696. The molecule has 0 radical (unpaired) electrons. The molecule has 1 aliphatic carbocycles. The molecule has 0 N–H and O–H groups in total. The number of ether oxygens (including phenoxy) is 2. The van der Waals surface area contributed by atoms with Crippen molar-refractivity contribution in [3.8, 4) is 11.4 Å². The lowest BCUT2D eigenvalue weighted by molar-refractivity contribution is 0.200. The first kappa shape index (κ1) is 19.5. The van der Waals surface area contributed by atoms with Crippen LogP contribution in [0.25, 0.3) is 15.9 Å². The molecule has 0 atom stereocenters. The van der Waals surface area contributed by atoms with Crippen molar-refractivity contribution >= 4 is 33.3 Å². The molecule has 4 rings (SSSR count). The Morgan fingerprint density at radius 1 is 1.21 bits per heavy atom. The standard InChI is InChI=1S/C21H24N2O3S2/c1-25-12-7-13-27-21-22-19-18(14-8-3-6-11-17(14)28-19)20(24)23(21)15-9-4-5-10-16(15)26-2/h4-5,9-10H,3,6-8,11-13H2,1-2H3. The second-order valence-electron chi connectivity index (χ2n) is 6.79. The van der Waals surface area contributed by atoms with Crippen molar-refractivity contribution in [2.75, 3.05) is 26.6 Å². The van der Waals surface area contributed by atoms with E-state index in [2.05, 4.69) is 0 Å². The quantitative estimate of drug-likeness (QED) is 0.323. The molecule has 2 aromatic heterocycles. The Kier molecular flexibility index (Phi) is 6.04. The van der Waals surface area contributed by atoms with Gasteiger partial charge in [-0.3, -0.25) is 9.36 Å². The lowest BCUT2D eigenvalue weighted by atomic mass is 9.97. The molecule has 7 heteroatoms. The number of hydrogen-bond donors (Lipinski definition) is 0. The van der Waals surface area contributed by atoms with Crippen LogP contribution >= 0.6 is 23.1 Å². The molecule has 0 unspecified atom stereocenters. The van der Waals surface area contributed by atoms with Crippen LogP contribution in [-0.4, -0.2) is 36.1 Å². The second-order valence-corrected chi connectivity index (χ2v) is 8.94. The maximum atomic E-state index is 13.7. The van der Waals surface area contributed by atoms with Crippen molar-refractivity contribution in [3.63, 3.8) is 0 Å². The van der Waals surface area contributed by atoms with E-state index in [1.165, 1.54) is 16.9 Å². The van der Waals surface area contributed by atoms with Crippen LogP contribution in [-0.2, 0) is 17.6 Å². The summed E-state index contributed by atoms with van der Waals surface area (Å²) in [5.41, 5.74) is 1.97. The van der Waals surface area contributed by atoms with Gasteiger partial charge in [-0.15, -0.1) is 11.3 Å². The minimum absolute atomic E-state index is 0.0168. The molecule has 28 heavy (non-hydrogen) atoms. The summed E-state index contributed by atoms with van der Waals surface area (Å²) < 4.78 is 12.4. The second kappa shape index (κ2) is 8.68. The lowest BCUT2D eigenvalue weighted by Gasteiger charge is -2.15. The smallest absolute Gasteiger partial charge is 0.267 e. The van der Waals surface area contributed by atoms with Gasteiger partial charge < -0.3 is 9.47 Å². The van der Waals surface area contributed by atoms with Crippen molar-refractivity contribution < 1.29 is 9.47 Å². The summed E-state index contributed by atoms with van der Waals surface area (Å²) in [7, 11) is 3.34. The first-order valence-corrected chi connectivity index (χ1v) is 11.4. The predicted molar refractivity (Wildman–Crippen MR) is 116 cm³/mol. The Bertz CT molecular complexity index is 1040. The van der Waals surface area contributed by atoms with E-state index in [1.807, 2.05) is 24.3 Å². The molecular weight excluding hydrogens is 392 g/mol. The maximum Gasteiger partial charge on any atom is 0.267 e. The van der Waals surface area contributed by atoms with Crippen LogP contribution < -0.4 is 10.3 Å². The van der Waals surface area contributed by atoms with Crippen molar-refractivity contribution in [2.45, 2.75) is 37.3 Å². The average Bonchev–Trinajstić information content (AvgIpc) is 3.10. The minimum atomic E-state index is 0.0168. The van der Waals surface area contributed by atoms with Crippen molar-refractivity contribution in [3.05, 3.63) is 45.1 Å². The van der Waals surface area contributed by atoms with Crippen LogP contribution in [0.2, 0.25) is 0 Å². The van der Waals surface area contributed by atoms with Crippen LogP contribution in [0.5, 0.6) is 5.75 Å². The highest BCUT2D eigenvalue weighted by Gasteiger charge is 2.23. The minimum Gasteiger partial charge on any atom is -0.495 e. The zero-order valence-corrected chi connectivity index (χ0v) is 17.8. The zero-order valence-electron chi connectivity index (χ0n) is 16.2. The third-order valence-electron chi connectivity index (χ3n) is 5.01. The summed E-state index contributed by atoms with van der Waals surface area (Å²) in [4.78, 5) is 20.8. The van der Waals surface area contributed by atoms with E-state index in [0.717, 1.165) is 52.5 Å². The number of aryl methyl sites for hydroxylation is 2. The van der Waals surface area contributed by atoms with Gasteiger partial charge >= 0.3 is 0 Å². The first-order valence-electron chi connectivity index (χ1n) is 9.57. The summed E-state index contributed by atoms with van der Waals surface area (Å²) >= 11 is 3.29. The number of para-hydroxylation sites is 2. The predicted octanol–water partition coefficient (Wildman–Crippen LogP) is 4.46. The monoisotopic (exact) mass is 416 g/mol. The molecule has 2 heterocycles. The number of rotatable bonds is 7. The number of fused-ring (bicyclic) bond motifs is 3. The van der Waals surface area contributed by atoms with E-state index in [-0.39, 0.29) is 5.56 Å². The summed E-state index contributed by atoms with van der Waals surface area (Å²) in [6, 6.07) is 7.65. The fourth-order valence-electron chi connectivity index (χ4n) is 3.68. The lowest BCUT2D eigenvalue weighted by Crippen LogP contribution is -2.23. The normalized spacial score (nSPS) is 13.6. The molecule has 1 aliphatic rings. The molecule has 1 aromatic carbocycles. The Labute approximate surface area is 172 Å². The third-order valence-corrected chi connectivity index (χ3v) is 7.22. The largest absolute Gasteiger partial charge is 0.495 e. The van der Waals surface area contributed by atoms with Gasteiger partial charge in [-0.25, -0.2) is 4.98 Å².